The number of benzene rings is 1. The normalized spacial score (nSPS) is 10.5. The molecule has 100 valence electrons. The first-order chi connectivity index (χ1) is 9.24. The smallest absolute Gasteiger partial charge is 0.322 e. The van der Waals surface area contributed by atoms with Crippen molar-refractivity contribution in [3.05, 3.63) is 47.3 Å². The van der Waals surface area contributed by atoms with Gasteiger partial charge in [-0.05, 0) is 32.0 Å². The van der Waals surface area contributed by atoms with Gasteiger partial charge in [-0.3, -0.25) is 0 Å². The van der Waals surface area contributed by atoms with Crippen LogP contribution in [0.2, 0.25) is 0 Å². The molecule has 2 rings (SSSR count). The highest BCUT2D eigenvalue weighted by Crippen LogP contribution is 2.23. The molecule has 1 aromatic carbocycles. The van der Waals surface area contributed by atoms with Gasteiger partial charge in [0.1, 0.15) is 5.75 Å². The summed E-state index contributed by atoms with van der Waals surface area (Å²) in [5.74, 6) is 0.825. The van der Waals surface area contributed by atoms with Gasteiger partial charge in [0.05, 0.1) is 0 Å². The predicted octanol–water partition coefficient (Wildman–Crippen LogP) is 2.86. The summed E-state index contributed by atoms with van der Waals surface area (Å²) in [5, 5.41) is 3.09. The summed E-state index contributed by atoms with van der Waals surface area (Å²) in [6.07, 6.45) is 2.73. The lowest BCUT2D eigenvalue weighted by Gasteiger charge is -2.10. The second-order valence-electron chi connectivity index (χ2n) is 4.36. The summed E-state index contributed by atoms with van der Waals surface area (Å²) >= 11 is 0. The van der Waals surface area contributed by atoms with E-state index in [2.05, 4.69) is 28.3 Å². The largest absolute Gasteiger partial charge is 0.424 e. The molecule has 0 fully saturated rings. The Morgan fingerprint density at radius 3 is 2.68 bits per heavy atom. The first kappa shape index (κ1) is 13.5. The fraction of sp³-hybridized carbons (Fsp3) is 0.333. The van der Waals surface area contributed by atoms with E-state index in [1.165, 1.54) is 0 Å². The number of ether oxygens (including phenoxy) is 1. The van der Waals surface area contributed by atoms with Crippen LogP contribution < -0.4 is 10.1 Å². The average molecular weight is 257 g/mol. The Morgan fingerprint density at radius 1 is 1.21 bits per heavy atom. The maximum atomic E-state index is 5.77. The second-order valence-corrected chi connectivity index (χ2v) is 4.36. The van der Waals surface area contributed by atoms with Gasteiger partial charge in [-0.15, -0.1) is 0 Å². The fourth-order valence-electron chi connectivity index (χ4n) is 1.88. The number of aromatic nitrogens is 2. The first-order valence-electron chi connectivity index (χ1n) is 6.47. The Balaban J connectivity index is 2.21. The van der Waals surface area contributed by atoms with Crippen molar-refractivity contribution in [1.82, 2.24) is 15.3 Å². The Bertz CT molecular complexity index is 555. The number of aryl methyl sites for hydroxylation is 2. The fourth-order valence-corrected chi connectivity index (χ4v) is 1.88. The van der Waals surface area contributed by atoms with Gasteiger partial charge in [0.2, 0.25) is 0 Å². The highest BCUT2D eigenvalue weighted by molar-refractivity contribution is 5.35. The highest BCUT2D eigenvalue weighted by Gasteiger charge is 2.07. The van der Waals surface area contributed by atoms with Crippen LogP contribution in [0, 0.1) is 6.92 Å². The molecule has 19 heavy (non-hydrogen) atoms. The second kappa shape index (κ2) is 6.29. The molecular weight excluding hydrogens is 238 g/mol. The van der Waals surface area contributed by atoms with Crippen LogP contribution in [0.4, 0.5) is 0 Å². The van der Waals surface area contributed by atoms with E-state index in [0.717, 1.165) is 35.5 Å². The molecule has 4 nitrogen and oxygen atoms in total. The molecular formula is C15H19N3O. The molecule has 1 N–H and O–H groups in total. The van der Waals surface area contributed by atoms with Crippen LogP contribution in [0.15, 0.2) is 30.5 Å². The van der Waals surface area contributed by atoms with Gasteiger partial charge < -0.3 is 10.1 Å². The Labute approximate surface area is 113 Å². The zero-order valence-electron chi connectivity index (χ0n) is 11.6. The van der Waals surface area contributed by atoms with E-state index in [1.54, 1.807) is 0 Å². The predicted molar refractivity (Wildman–Crippen MR) is 75.4 cm³/mol. The van der Waals surface area contributed by atoms with Gasteiger partial charge in [-0.1, -0.05) is 25.1 Å². The van der Waals surface area contributed by atoms with E-state index >= 15 is 0 Å². The minimum atomic E-state index is 0.401. The maximum Gasteiger partial charge on any atom is 0.322 e. The van der Waals surface area contributed by atoms with E-state index in [1.807, 2.05) is 38.4 Å². The number of nitrogens with one attached hydrogen (secondary N) is 1. The molecule has 0 saturated heterocycles. The molecule has 0 amide bonds. The molecule has 0 atom stereocenters. The highest BCUT2D eigenvalue weighted by atomic mass is 16.5. The van der Waals surface area contributed by atoms with Gasteiger partial charge in [0.25, 0.3) is 0 Å². The van der Waals surface area contributed by atoms with Crippen LogP contribution in [-0.2, 0) is 13.0 Å². The van der Waals surface area contributed by atoms with E-state index in [4.69, 9.17) is 4.74 Å². The van der Waals surface area contributed by atoms with E-state index in [9.17, 15) is 0 Å². The van der Waals surface area contributed by atoms with Crippen LogP contribution in [0.3, 0.4) is 0 Å². The van der Waals surface area contributed by atoms with Crippen molar-refractivity contribution in [2.75, 3.05) is 7.05 Å². The van der Waals surface area contributed by atoms with Crippen LogP contribution >= 0.6 is 0 Å². The van der Waals surface area contributed by atoms with Crippen LogP contribution in [0.5, 0.6) is 11.8 Å². The molecule has 0 saturated carbocycles. The summed E-state index contributed by atoms with van der Waals surface area (Å²) in [6, 6.07) is 8.36. The van der Waals surface area contributed by atoms with Crippen molar-refractivity contribution in [1.29, 1.82) is 0 Å². The first-order valence-corrected chi connectivity index (χ1v) is 6.47. The number of hydrogen-bond acceptors (Lipinski definition) is 4. The third-order valence-electron chi connectivity index (χ3n) is 2.98. The van der Waals surface area contributed by atoms with E-state index < -0.39 is 0 Å². The number of hydrogen-bond donors (Lipinski definition) is 1. The minimum absolute atomic E-state index is 0.401. The molecule has 0 spiro atoms. The quantitative estimate of drug-likeness (QED) is 0.894. The number of rotatable bonds is 5. The monoisotopic (exact) mass is 257 g/mol. The summed E-state index contributed by atoms with van der Waals surface area (Å²) in [4.78, 5) is 8.64. The molecule has 0 unspecified atom stereocenters. The summed E-state index contributed by atoms with van der Waals surface area (Å²) < 4.78 is 5.77. The molecule has 0 aliphatic carbocycles. The molecule has 0 aliphatic rings. The summed E-state index contributed by atoms with van der Waals surface area (Å²) in [6.45, 7) is 4.83. The van der Waals surface area contributed by atoms with Crippen LogP contribution in [0.1, 0.15) is 23.7 Å². The molecule has 4 heteroatoms. The third-order valence-corrected chi connectivity index (χ3v) is 2.98. The molecule has 0 aliphatic heterocycles. The SMILES string of the molecule is CCc1ccccc1Oc1ncc(CNC)c(C)n1. The maximum absolute atomic E-state index is 5.77. The van der Waals surface area contributed by atoms with Crippen molar-refractivity contribution in [3.8, 4) is 11.8 Å². The lowest BCUT2D eigenvalue weighted by Crippen LogP contribution is -2.08. The summed E-state index contributed by atoms with van der Waals surface area (Å²) in [7, 11) is 1.90. The minimum Gasteiger partial charge on any atom is -0.424 e. The van der Waals surface area contributed by atoms with Crippen molar-refractivity contribution in [2.45, 2.75) is 26.8 Å². The van der Waals surface area contributed by atoms with E-state index in [0.29, 0.717) is 6.01 Å². The van der Waals surface area contributed by atoms with Gasteiger partial charge in [0.15, 0.2) is 0 Å². The standard InChI is InChI=1S/C15H19N3O/c1-4-12-7-5-6-8-14(12)19-15-17-10-13(9-16-3)11(2)18-15/h5-8,10,16H,4,9H2,1-3H3. The Hall–Kier alpha value is -1.94. The lowest BCUT2D eigenvalue weighted by molar-refractivity contribution is 0.434. The van der Waals surface area contributed by atoms with Crippen molar-refractivity contribution < 1.29 is 4.74 Å². The Kier molecular flexibility index (Phi) is 4.47. The molecule has 0 radical (unpaired) electrons. The Morgan fingerprint density at radius 2 is 2.00 bits per heavy atom. The van der Waals surface area contributed by atoms with Crippen LogP contribution in [-0.4, -0.2) is 17.0 Å². The molecule has 1 aromatic heterocycles. The van der Waals surface area contributed by atoms with Gasteiger partial charge >= 0.3 is 6.01 Å². The van der Waals surface area contributed by atoms with Crippen molar-refractivity contribution in [2.24, 2.45) is 0 Å². The molecule has 2 aromatic rings. The average Bonchev–Trinajstić information content (AvgIpc) is 2.43. The zero-order valence-corrected chi connectivity index (χ0v) is 11.6. The summed E-state index contributed by atoms with van der Waals surface area (Å²) in [5.41, 5.74) is 3.18. The van der Waals surface area contributed by atoms with Crippen LogP contribution in [0.25, 0.3) is 0 Å². The van der Waals surface area contributed by atoms with Crippen molar-refractivity contribution in [3.63, 3.8) is 0 Å². The van der Waals surface area contributed by atoms with Gasteiger partial charge in [-0.2, -0.15) is 4.98 Å². The topological polar surface area (TPSA) is 47.0 Å². The third kappa shape index (κ3) is 3.29. The van der Waals surface area contributed by atoms with E-state index in [-0.39, 0.29) is 0 Å². The van der Waals surface area contributed by atoms with Gasteiger partial charge in [-0.25, -0.2) is 4.98 Å². The van der Waals surface area contributed by atoms with Gasteiger partial charge in [0, 0.05) is 24.0 Å². The molecule has 0 bridgehead atoms. The number of para-hydroxylation sites is 1. The zero-order chi connectivity index (χ0) is 13.7. The van der Waals surface area contributed by atoms with Crippen molar-refractivity contribution >= 4 is 0 Å². The lowest BCUT2D eigenvalue weighted by atomic mass is 10.1. The number of nitrogens with zero attached hydrogens (tertiary/aromatic N) is 2. The molecule has 1 heterocycles.